The van der Waals surface area contributed by atoms with Crippen LogP contribution in [0, 0.1) is 0 Å². The molecule has 0 saturated carbocycles. The van der Waals surface area contributed by atoms with Crippen molar-refractivity contribution in [2.75, 3.05) is 0 Å². The number of carbonyl (C=O) groups is 2. The standard InChI is InChI=1S/C15H29NO3.K.H/c1-3-4-5-6-7-8-9-10-11-12-14(17)16-13(2)15(18)19;;/h13H,3-12H2,1-2H3,(H,16,17)(H,18,19);;/q;+1;-1/t13-;;/m0../s1. The van der Waals surface area contributed by atoms with E-state index < -0.39 is 12.0 Å². The summed E-state index contributed by atoms with van der Waals surface area (Å²) in [5, 5.41) is 11.1. The van der Waals surface area contributed by atoms with Gasteiger partial charge in [-0.25, -0.2) is 0 Å². The van der Waals surface area contributed by atoms with E-state index in [0.29, 0.717) is 6.42 Å². The fourth-order valence-electron chi connectivity index (χ4n) is 1.97. The molecule has 0 saturated heterocycles. The summed E-state index contributed by atoms with van der Waals surface area (Å²) in [6, 6.07) is -0.786. The van der Waals surface area contributed by atoms with Crippen LogP contribution in [0.2, 0.25) is 0 Å². The topological polar surface area (TPSA) is 66.4 Å². The van der Waals surface area contributed by atoms with Gasteiger partial charge in [0.25, 0.3) is 0 Å². The minimum atomic E-state index is -0.986. The molecule has 0 aliphatic carbocycles. The predicted octanol–water partition coefficient (Wildman–Crippen LogP) is 0.613. The third-order valence-electron chi connectivity index (χ3n) is 3.26. The second-order valence-corrected chi connectivity index (χ2v) is 5.21. The van der Waals surface area contributed by atoms with Crippen LogP contribution in [0.3, 0.4) is 0 Å². The summed E-state index contributed by atoms with van der Waals surface area (Å²) in [6.07, 6.45) is 11.3. The average Bonchev–Trinajstić information content (AvgIpc) is 2.36. The van der Waals surface area contributed by atoms with E-state index in [1.807, 2.05) is 0 Å². The Hall–Kier alpha value is 0.576. The van der Waals surface area contributed by atoms with Gasteiger partial charge in [-0.2, -0.15) is 0 Å². The van der Waals surface area contributed by atoms with Crippen LogP contribution in [0.4, 0.5) is 0 Å². The first-order valence-corrected chi connectivity index (χ1v) is 7.60. The van der Waals surface area contributed by atoms with Crippen molar-refractivity contribution in [3.05, 3.63) is 0 Å². The Morgan fingerprint density at radius 2 is 1.45 bits per heavy atom. The molecule has 0 aromatic rings. The summed E-state index contributed by atoms with van der Waals surface area (Å²) >= 11 is 0. The molecule has 0 spiro atoms. The summed E-state index contributed by atoms with van der Waals surface area (Å²) in [7, 11) is 0. The SMILES string of the molecule is CCCCCCCCCCCC(=O)N[C@@H](C)C(=O)O.[H-].[K+]. The zero-order valence-corrected chi connectivity index (χ0v) is 16.5. The van der Waals surface area contributed by atoms with Crippen LogP contribution >= 0.6 is 0 Å². The molecule has 114 valence electrons. The predicted molar refractivity (Wildman–Crippen MR) is 78.2 cm³/mol. The first-order valence-electron chi connectivity index (χ1n) is 7.60. The summed E-state index contributed by atoms with van der Waals surface area (Å²) in [4.78, 5) is 21.9. The molecule has 0 aliphatic rings. The van der Waals surface area contributed by atoms with Crippen molar-refractivity contribution >= 4 is 11.9 Å². The zero-order valence-electron chi connectivity index (χ0n) is 14.4. The zero-order chi connectivity index (χ0) is 14.5. The smallest absolute Gasteiger partial charge is 1.00 e. The van der Waals surface area contributed by atoms with E-state index in [1.54, 1.807) is 0 Å². The molecule has 0 bridgehead atoms. The number of carboxylic acids is 1. The van der Waals surface area contributed by atoms with Gasteiger partial charge < -0.3 is 11.8 Å². The van der Waals surface area contributed by atoms with E-state index in [2.05, 4.69) is 12.2 Å². The maximum Gasteiger partial charge on any atom is 1.00 e. The Kier molecular flexibility index (Phi) is 18.2. The third-order valence-corrected chi connectivity index (χ3v) is 3.26. The molecule has 4 nitrogen and oxygen atoms in total. The van der Waals surface area contributed by atoms with Gasteiger partial charge in [0.2, 0.25) is 5.91 Å². The van der Waals surface area contributed by atoms with Crippen LogP contribution in [0.15, 0.2) is 0 Å². The summed E-state index contributed by atoms with van der Waals surface area (Å²) < 4.78 is 0. The first kappa shape index (κ1) is 22.9. The Morgan fingerprint density at radius 1 is 1.00 bits per heavy atom. The molecule has 0 unspecified atom stereocenters. The van der Waals surface area contributed by atoms with Crippen LogP contribution in [0.5, 0.6) is 0 Å². The van der Waals surface area contributed by atoms with Gasteiger partial charge >= 0.3 is 57.4 Å². The van der Waals surface area contributed by atoms with E-state index in [1.165, 1.54) is 51.9 Å². The number of carbonyl (C=O) groups excluding carboxylic acids is 1. The van der Waals surface area contributed by atoms with Gasteiger partial charge in [0.05, 0.1) is 0 Å². The molecule has 0 heterocycles. The van der Waals surface area contributed by atoms with Crippen molar-refractivity contribution in [1.29, 1.82) is 0 Å². The fraction of sp³-hybridized carbons (Fsp3) is 0.867. The molecule has 1 atom stereocenters. The van der Waals surface area contributed by atoms with E-state index in [9.17, 15) is 9.59 Å². The van der Waals surface area contributed by atoms with Crippen molar-refractivity contribution in [3.8, 4) is 0 Å². The number of carboxylic acid groups (broad SMARTS) is 1. The normalized spacial score (nSPS) is 11.5. The molecule has 0 aromatic carbocycles. The van der Waals surface area contributed by atoms with Crippen molar-refractivity contribution in [3.63, 3.8) is 0 Å². The van der Waals surface area contributed by atoms with Crippen LogP contribution in [-0.4, -0.2) is 23.0 Å². The fourth-order valence-corrected chi connectivity index (χ4v) is 1.97. The van der Waals surface area contributed by atoms with Crippen molar-refractivity contribution < 1.29 is 67.5 Å². The van der Waals surface area contributed by atoms with Crippen LogP contribution in [0.1, 0.15) is 79.5 Å². The van der Waals surface area contributed by atoms with Gasteiger partial charge in [-0.05, 0) is 13.3 Å². The number of aliphatic carboxylic acids is 1. The summed E-state index contributed by atoms with van der Waals surface area (Å²) in [5.74, 6) is -1.14. The molecule has 0 rings (SSSR count). The van der Waals surface area contributed by atoms with E-state index in [-0.39, 0.29) is 58.7 Å². The second kappa shape index (κ2) is 16.0. The van der Waals surface area contributed by atoms with E-state index >= 15 is 0 Å². The van der Waals surface area contributed by atoms with E-state index in [0.717, 1.165) is 12.8 Å². The van der Waals surface area contributed by atoms with Crippen LogP contribution < -0.4 is 56.7 Å². The minimum Gasteiger partial charge on any atom is -1.00 e. The number of unbranched alkanes of at least 4 members (excludes halogenated alkanes) is 8. The van der Waals surface area contributed by atoms with Gasteiger partial charge in [-0.1, -0.05) is 58.3 Å². The van der Waals surface area contributed by atoms with Gasteiger partial charge in [0.1, 0.15) is 6.04 Å². The Labute approximate surface area is 167 Å². The average molecular weight is 312 g/mol. The van der Waals surface area contributed by atoms with Gasteiger partial charge in [0.15, 0.2) is 0 Å². The van der Waals surface area contributed by atoms with Crippen molar-refractivity contribution in [2.24, 2.45) is 0 Å². The maximum atomic E-state index is 11.4. The van der Waals surface area contributed by atoms with Crippen molar-refractivity contribution in [2.45, 2.75) is 84.1 Å². The molecule has 0 fully saturated rings. The molecule has 0 aromatic heterocycles. The van der Waals surface area contributed by atoms with Crippen molar-refractivity contribution in [1.82, 2.24) is 5.32 Å². The Bertz CT molecular complexity index is 265. The molecule has 20 heavy (non-hydrogen) atoms. The molecule has 0 radical (unpaired) electrons. The van der Waals surface area contributed by atoms with Gasteiger partial charge in [-0.3, -0.25) is 9.59 Å². The quantitative estimate of drug-likeness (QED) is 0.410. The number of hydrogen-bond acceptors (Lipinski definition) is 2. The Morgan fingerprint density at radius 3 is 1.90 bits per heavy atom. The van der Waals surface area contributed by atoms with Gasteiger partial charge in [0, 0.05) is 6.42 Å². The molecule has 2 N–H and O–H groups in total. The number of nitrogens with one attached hydrogen (secondary N) is 1. The molecule has 1 amide bonds. The maximum absolute atomic E-state index is 11.4. The third kappa shape index (κ3) is 15.0. The summed E-state index contributed by atoms with van der Waals surface area (Å²) in [5.41, 5.74) is 0. The molecule has 5 heteroatoms. The van der Waals surface area contributed by atoms with Crippen LogP contribution in [0.25, 0.3) is 0 Å². The summed E-state index contributed by atoms with van der Waals surface area (Å²) in [6.45, 7) is 3.70. The first-order chi connectivity index (χ1) is 9.07. The van der Waals surface area contributed by atoms with E-state index in [4.69, 9.17) is 5.11 Å². The monoisotopic (exact) mass is 311 g/mol. The largest absolute Gasteiger partial charge is 1.00 e. The molecular weight excluding hydrogens is 281 g/mol. The number of rotatable bonds is 12. The van der Waals surface area contributed by atoms with Crippen LogP contribution in [-0.2, 0) is 9.59 Å². The van der Waals surface area contributed by atoms with Gasteiger partial charge in [-0.15, -0.1) is 0 Å². The molecule has 0 aliphatic heterocycles. The number of amides is 1. The second-order valence-electron chi connectivity index (χ2n) is 5.21. The number of hydrogen-bond donors (Lipinski definition) is 2. The molecular formula is C15H30KNO3. The minimum absolute atomic E-state index is 0. The Balaban J connectivity index is -0.00000162.